The topological polar surface area (TPSA) is 12.0 Å². The molecule has 0 aliphatic heterocycles. The average molecular weight is 553 g/mol. The van der Waals surface area contributed by atoms with Crippen molar-refractivity contribution in [3.63, 3.8) is 0 Å². The van der Waals surface area contributed by atoms with Crippen molar-refractivity contribution in [1.29, 1.82) is 0 Å². The van der Waals surface area contributed by atoms with Crippen molar-refractivity contribution in [3.8, 4) is 0 Å². The van der Waals surface area contributed by atoms with Crippen LogP contribution in [0.3, 0.4) is 0 Å². The van der Waals surface area contributed by atoms with Crippen LogP contribution in [0.15, 0.2) is 91.0 Å². The Morgan fingerprint density at radius 2 is 1.18 bits per heavy atom. The second-order valence-corrected chi connectivity index (χ2v) is 8.97. The van der Waals surface area contributed by atoms with Crippen molar-refractivity contribution in [3.05, 3.63) is 142 Å². The van der Waals surface area contributed by atoms with E-state index in [-0.39, 0.29) is 29.7 Å². The Hall–Kier alpha value is -3.79. The van der Waals surface area contributed by atoms with Gasteiger partial charge in [-0.05, 0) is 71.1 Å². The lowest BCUT2D eigenvalue weighted by Crippen LogP contribution is -2.45. The van der Waals surface area contributed by atoms with E-state index in [0.717, 1.165) is 30.3 Å². The van der Waals surface area contributed by atoms with Gasteiger partial charge in [0.1, 0.15) is 17.5 Å². The van der Waals surface area contributed by atoms with Crippen molar-refractivity contribution in [2.45, 2.75) is 30.9 Å². The Balaban J connectivity index is 1.92. The molecule has 10 heteroatoms. The first-order valence-corrected chi connectivity index (χ1v) is 11.6. The Kier molecular flexibility index (Phi) is 7.79. The normalized spacial score (nSPS) is 13.8. The summed E-state index contributed by atoms with van der Waals surface area (Å²) in [7, 11) is 0. The lowest BCUT2D eigenvalue weighted by molar-refractivity contribution is -0.140. The molecule has 0 aliphatic rings. The minimum absolute atomic E-state index is 0.0317. The predicted octanol–water partition coefficient (Wildman–Crippen LogP) is 8.42. The van der Waals surface area contributed by atoms with Crippen molar-refractivity contribution in [2.24, 2.45) is 0 Å². The molecule has 0 aliphatic carbocycles. The molecule has 1 N–H and O–H groups in total. The summed E-state index contributed by atoms with van der Waals surface area (Å²) in [5, 5.41) is 3.01. The number of hydrogen-bond donors (Lipinski definition) is 1. The molecule has 39 heavy (non-hydrogen) atoms. The molecule has 0 aromatic heterocycles. The lowest BCUT2D eigenvalue weighted by Gasteiger charge is -2.37. The zero-order valence-electron chi connectivity index (χ0n) is 20.0. The van der Waals surface area contributed by atoms with E-state index in [4.69, 9.17) is 0 Å². The minimum atomic E-state index is -4.98. The Labute approximate surface area is 217 Å². The fourth-order valence-corrected chi connectivity index (χ4v) is 4.43. The number of benzene rings is 4. The molecule has 4 aromatic carbocycles. The van der Waals surface area contributed by atoms with Gasteiger partial charge in [0, 0.05) is 6.54 Å². The van der Waals surface area contributed by atoms with Gasteiger partial charge in [-0.15, -0.1) is 0 Å². The van der Waals surface area contributed by atoms with Gasteiger partial charge in [-0.25, -0.2) is 13.2 Å². The molecule has 0 spiro atoms. The van der Waals surface area contributed by atoms with Crippen LogP contribution in [0.4, 0.5) is 39.5 Å². The molecule has 204 valence electrons. The SMILES string of the molecule is Fc1ccc(C(Cc2ccccc2)(NCc2ccc(F)c(C(F)(F)F)c2)c2cc(F)cc(C(F)(F)F)c2)cc1. The molecule has 4 aromatic rings. The van der Waals surface area contributed by atoms with Gasteiger partial charge >= 0.3 is 12.4 Å². The molecular weight excluding hydrogens is 533 g/mol. The Morgan fingerprint density at radius 3 is 1.79 bits per heavy atom. The highest BCUT2D eigenvalue weighted by Gasteiger charge is 2.39. The van der Waals surface area contributed by atoms with Crippen molar-refractivity contribution >= 4 is 0 Å². The molecule has 0 saturated heterocycles. The van der Waals surface area contributed by atoms with Crippen LogP contribution in [-0.4, -0.2) is 0 Å². The first kappa shape index (κ1) is 28.2. The van der Waals surface area contributed by atoms with E-state index in [1.807, 2.05) is 0 Å². The summed E-state index contributed by atoms with van der Waals surface area (Å²) in [5.74, 6) is -3.32. The smallest absolute Gasteiger partial charge is 0.299 e. The van der Waals surface area contributed by atoms with Crippen molar-refractivity contribution in [1.82, 2.24) is 5.32 Å². The third-order valence-corrected chi connectivity index (χ3v) is 6.30. The predicted molar refractivity (Wildman–Crippen MR) is 127 cm³/mol. The van der Waals surface area contributed by atoms with Crippen LogP contribution >= 0.6 is 0 Å². The highest BCUT2D eigenvalue weighted by atomic mass is 19.4. The van der Waals surface area contributed by atoms with Gasteiger partial charge in [0.25, 0.3) is 0 Å². The van der Waals surface area contributed by atoms with Gasteiger partial charge < -0.3 is 0 Å². The van der Waals surface area contributed by atoms with Gasteiger partial charge in [-0.1, -0.05) is 48.5 Å². The van der Waals surface area contributed by atoms with Gasteiger partial charge in [0.05, 0.1) is 16.7 Å². The number of nitrogens with one attached hydrogen (secondary N) is 1. The highest BCUT2D eigenvalue weighted by Crippen LogP contribution is 2.39. The van der Waals surface area contributed by atoms with Crippen molar-refractivity contribution < 1.29 is 39.5 Å². The second-order valence-electron chi connectivity index (χ2n) is 8.97. The van der Waals surface area contributed by atoms with Crippen LogP contribution in [0, 0.1) is 17.5 Å². The molecule has 0 radical (unpaired) electrons. The average Bonchev–Trinajstić information content (AvgIpc) is 2.87. The lowest BCUT2D eigenvalue weighted by atomic mass is 9.77. The summed E-state index contributed by atoms with van der Waals surface area (Å²) in [6.07, 6.45) is -9.98. The summed E-state index contributed by atoms with van der Waals surface area (Å²) >= 11 is 0. The maximum Gasteiger partial charge on any atom is 0.419 e. The summed E-state index contributed by atoms with van der Waals surface area (Å²) in [4.78, 5) is 0. The van der Waals surface area contributed by atoms with Crippen LogP contribution < -0.4 is 5.32 Å². The zero-order valence-corrected chi connectivity index (χ0v) is 20.0. The van der Waals surface area contributed by atoms with E-state index in [1.165, 1.54) is 12.1 Å². The first-order valence-electron chi connectivity index (χ1n) is 11.6. The first-order chi connectivity index (χ1) is 18.3. The van der Waals surface area contributed by atoms with Crippen LogP contribution in [-0.2, 0) is 30.9 Å². The molecule has 0 saturated carbocycles. The Morgan fingerprint density at radius 1 is 0.538 bits per heavy atom. The highest BCUT2D eigenvalue weighted by molar-refractivity contribution is 5.44. The summed E-state index contributed by atoms with van der Waals surface area (Å²) in [6.45, 7) is -0.383. The standard InChI is InChI=1S/C29H20F9N/c30-23-9-7-20(8-10-23)27(16-18-4-2-1-3-5-18,21-13-22(28(33,34)35)15-24(31)14-21)39-17-19-6-11-26(32)25(12-19)29(36,37)38/h1-15,39H,16-17H2. The zero-order chi connectivity index (χ0) is 28.4. The third kappa shape index (κ3) is 6.44. The summed E-state index contributed by atoms with van der Waals surface area (Å²) in [5.41, 5.74) is -3.88. The van der Waals surface area contributed by atoms with E-state index in [0.29, 0.717) is 23.8 Å². The van der Waals surface area contributed by atoms with E-state index >= 15 is 0 Å². The molecule has 0 amide bonds. The molecular formula is C29H20F9N. The monoisotopic (exact) mass is 553 g/mol. The minimum Gasteiger partial charge on any atom is -0.299 e. The van der Waals surface area contributed by atoms with Crippen LogP contribution in [0.1, 0.15) is 33.4 Å². The molecule has 4 rings (SSSR count). The molecule has 1 unspecified atom stereocenters. The number of alkyl halides is 6. The maximum atomic E-state index is 14.6. The van der Waals surface area contributed by atoms with Gasteiger partial charge in [0.15, 0.2) is 0 Å². The van der Waals surface area contributed by atoms with Crippen LogP contribution in [0.25, 0.3) is 0 Å². The Bertz CT molecular complexity index is 1430. The maximum absolute atomic E-state index is 14.6. The van der Waals surface area contributed by atoms with Crippen LogP contribution in [0.5, 0.6) is 0 Å². The van der Waals surface area contributed by atoms with Crippen molar-refractivity contribution in [2.75, 3.05) is 0 Å². The van der Waals surface area contributed by atoms with Crippen LogP contribution in [0.2, 0.25) is 0 Å². The van der Waals surface area contributed by atoms with Gasteiger partial charge in [-0.2, -0.15) is 26.3 Å². The molecule has 1 nitrogen and oxygen atoms in total. The van der Waals surface area contributed by atoms with E-state index in [9.17, 15) is 39.5 Å². The van der Waals surface area contributed by atoms with E-state index < -0.39 is 46.5 Å². The van der Waals surface area contributed by atoms with Gasteiger partial charge in [0.2, 0.25) is 0 Å². The second kappa shape index (κ2) is 10.8. The van der Waals surface area contributed by atoms with Gasteiger partial charge in [-0.3, -0.25) is 5.32 Å². The summed E-state index contributed by atoms with van der Waals surface area (Å²) in [6, 6.07) is 17.4. The molecule has 0 heterocycles. The van der Waals surface area contributed by atoms with E-state index in [2.05, 4.69) is 5.32 Å². The quantitative estimate of drug-likeness (QED) is 0.227. The fourth-order valence-electron chi connectivity index (χ4n) is 4.43. The number of rotatable bonds is 7. The largest absolute Gasteiger partial charge is 0.419 e. The molecule has 1 atom stereocenters. The number of halogens is 9. The molecule has 0 fully saturated rings. The number of hydrogen-bond acceptors (Lipinski definition) is 1. The fraction of sp³-hybridized carbons (Fsp3) is 0.172. The summed E-state index contributed by atoms with van der Waals surface area (Å²) < 4.78 is 123. The third-order valence-electron chi connectivity index (χ3n) is 6.30. The van der Waals surface area contributed by atoms with E-state index in [1.54, 1.807) is 30.3 Å². The molecule has 0 bridgehead atoms.